The van der Waals surface area contributed by atoms with Crippen LogP contribution in [0.25, 0.3) is 0 Å². The second kappa shape index (κ2) is 14.6. The maximum atomic E-state index is 13.9. The number of rotatable bonds is 12. The molecule has 4 N–H and O–H groups in total. The van der Waals surface area contributed by atoms with E-state index in [1.54, 1.807) is 27.7 Å². The third-order valence-corrected chi connectivity index (χ3v) is 7.44. The molecule has 0 bridgehead atoms. The molecule has 2 rings (SSSR count). The number of carbonyl (C=O) groups excluding carboxylic acids is 3. The molecule has 12 nitrogen and oxygen atoms in total. The van der Waals surface area contributed by atoms with E-state index in [0.29, 0.717) is 17.9 Å². The Hall–Kier alpha value is -3.52. The van der Waals surface area contributed by atoms with Crippen LogP contribution in [0.4, 0.5) is 0 Å². The zero-order chi connectivity index (χ0) is 31.8. The van der Waals surface area contributed by atoms with E-state index in [0.717, 1.165) is 22.7 Å². The van der Waals surface area contributed by atoms with Crippen LogP contribution in [0.1, 0.15) is 57.0 Å². The first-order valence-corrected chi connectivity index (χ1v) is 15.1. The quantitative estimate of drug-likeness (QED) is 0.237. The van der Waals surface area contributed by atoms with Gasteiger partial charge in [0.2, 0.25) is 10.0 Å². The lowest BCUT2D eigenvalue weighted by molar-refractivity contribution is -0.163. The molecule has 42 heavy (non-hydrogen) atoms. The highest BCUT2D eigenvalue weighted by molar-refractivity contribution is 7.89. The zero-order valence-corrected chi connectivity index (χ0v) is 25.7. The normalized spacial score (nSPS) is 13.1. The topological polar surface area (TPSA) is 176 Å². The number of carboxylic acid groups (broad SMARTS) is 1. The van der Waals surface area contributed by atoms with E-state index in [9.17, 15) is 32.7 Å². The van der Waals surface area contributed by atoms with Crippen molar-refractivity contribution < 1.29 is 37.4 Å². The molecule has 0 fully saturated rings. The Kier molecular flexibility index (Phi) is 12.0. The summed E-state index contributed by atoms with van der Waals surface area (Å²) in [5.41, 5.74) is -0.430. The smallest absolute Gasteiger partial charge is 0.325 e. The Morgan fingerprint density at radius 2 is 1.71 bits per heavy atom. The predicted molar refractivity (Wildman–Crippen MR) is 156 cm³/mol. The van der Waals surface area contributed by atoms with Crippen LogP contribution in [0, 0.1) is 0 Å². The number of aryl methyl sites for hydroxylation is 1. The number of sulfonamides is 1. The van der Waals surface area contributed by atoms with Crippen molar-refractivity contribution in [3.8, 4) is 0 Å². The van der Waals surface area contributed by atoms with Gasteiger partial charge in [-0.1, -0.05) is 41.9 Å². The van der Waals surface area contributed by atoms with E-state index in [1.807, 2.05) is 30.3 Å². The Labute approximate surface area is 250 Å². The summed E-state index contributed by atoms with van der Waals surface area (Å²) in [6, 6.07) is 10.7. The van der Waals surface area contributed by atoms with E-state index >= 15 is 0 Å². The number of hydrogen-bond donors (Lipinski definition) is 3. The lowest BCUT2D eigenvalue weighted by Gasteiger charge is -2.44. The minimum absolute atomic E-state index is 0.126. The van der Waals surface area contributed by atoms with Crippen LogP contribution in [-0.2, 0) is 35.6 Å². The number of ether oxygens (including phenoxy) is 1. The molecule has 0 saturated heterocycles. The van der Waals surface area contributed by atoms with Gasteiger partial charge in [0.25, 0.3) is 11.8 Å². The van der Waals surface area contributed by atoms with E-state index in [2.05, 4.69) is 5.32 Å². The standard InChI is InChI=1S/C28H37ClN4O8S/c1-6-41-27(38)22(15-12-19-10-8-7-9-11-19)31-18(2)25(36)33(28(3,4)5)32(17-24(34)35)26(37)20-13-14-21(29)23(16-20)42(30,39)40/h7-11,13-14,16,18,22,31H,6,12,15,17H2,1-5H3,(H,34,35)(H2,30,39,40)/t18-,22-/m0/s1. The van der Waals surface area contributed by atoms with Crippen LogP contribution in [0.15, 0.2) is 53.4 Å². The molecule has 0 aliphatic rings. The third-order valence-electron chi connectivity index (χ3n) is 6.05. The van der Waals surface area contributed by atoms with Crippen LogP contribution >= 0.6 is 11.6 Å². The monoisotopic (exact) mass is 624 g/mol. The number of nitrogens with zero attached hydrogens (tertiary/aromatic N) is 2. The van der Waals surface area contributed by atoms with Crippen molar-refractivity contribution in [1.82, 2.24) is 15.3 Å². The number of benzene rings is 2. The molecule has 14 heteroatoms. The highest BCUT2D eigenvalue weighted by Gasteiger charge is 2.40. The lowest BCUT2D eigenvalue weighted by atomic mass is 10.0. The van der Waals surface area contributed by atoms with Gasteiger partial charge in [0, 0.05) is 5.56 Å². The molecule has 0 aliphatic heterocycles. The Morgan fingerprint density at radius 1 is 1.10 bits per heavy atom. The Bertz CT molecular complexity index is 1400. The maximum absolute atomic E-state index is 13.9. The third kappa shape index (κ3) is 9.51. The highest BCUT2D eigenvalue weighted by Crippen LogP contribution is 2.25. The molecule has 0 aliphatic carbocycles. The van der Waals surface area contributed by atoms with E-state index in [4.69, 9.17) is 21.5 Å². The number of amides is 2. The van der Waals surface area contributed by atoms with Gasteiger partial charge in [0.1, 0.15) is 17.5 Å². The average Bonchev–Trinajstić information content (AvgIpc) is 2.89. The van der Waals surface area contributed by atoms with Crippen molar-refractivity contribution in [3.63, 3.8) is 0 Å². The van der Waals surface area contributed by atoms with E-state index < -0.39 is 62.8 Å². The lowest BCUT2D eigenvalue weighted by Crippen LogP contribution is -2.63. The summed E-state index contributed by atoms with van der Waals surface area (Å²) >= 11 is 5.95. The number of nitrogens with two attached hydrogens (primary N) is 1. The molecule has 230 valence electrons. The van der Waals surface area contributed by atoms with Gasteiger partial charge >= 0.3 is 11.9 Å². The van der Waals surface area contributed by atoms with Gasteiger partial charge in [-0.15, -0.1) is 0 Å². The van der Waals surface area contributed by atoms with Gasteiger partial charge in [0.15, 0.2) is 0 Å². The summed E-state index contributed by atoms with van der Waals surface area (Å²) in [4.78, 5) is 51.7. The van der Waals surface area contributed by atoms with E-state index in [1.165, 1.54) is 13.0 Å². The molecule has 2 aromatic carbocycles. The van der Waals surface area contributed by atoms with Crippen molar-refractivity contribution in [2.75, 3.05) is 13.2 Å². The molecule has 0 saturated carbocycles. The summed E-state index contributed by atoms with van der Waals surface area (Å²) in [7, 11) is -4.32. The number of halogens is 1. The minimum atomic E-state index is -4.32. The molecule has 2 amide bonds. The molecular formula is C28H37ClN4O8S. The number of hydrazine groups is 1. The number of carbonyl (C=O) groups is 4. The summed E-state index contributed by atoms with van der Waals surface area (Å²) in [6.45, 7) is 7.12. The Balaban J connectivity index is 2.45. The molecule has 0 unspecified atom stereocenters. The molecule has 0 aromatic heterocycles. The van der Waals surface area contributed by atoms with Crippen LogP contribution < -0.4 is 10.5 Å². The highest BCUT2D eigenvalue weighted by atomic mass is 35.5. The van der Waals surface area contributed by atoms with Gasteiger partial charge in [-0.2, -0.15) is 0 Å². The number of hydrogen-bond acceptors (Lipinski definition) is 8. The van der Waals surface area contributed by atoms with Crippen molar-refractivity contribution >= 4 is 45.4 Å². The first kappa shape index (κ1) is 34.7. The first-order chi connectivity index (χ1) is 19.5. The minimum Gasteiger partial charge on any atom is -0.480 e. The fourth-order valence-corrected chi connectivity index (χ4v) is 5.27. The summed E-state index contributed by atoms with van der Waals surface area (Å²) in [5, 5.41) is 19.3. The van der Waals surface area contributed by atoms with Gasteiger partial charge < -0.3 is 9.84 Å². The van der Waals surface area contributed by atoms with Crippen LogP contribution in [0.5, 0.6) is 0 Å². The Morgan fingerprint density at radius 3 is 2.24 bits per heavy atom. The maximum Gasteiger partial charge on any atom is 0.325 e. The molecule has 2 atom stereocenters. The molecule has 2 aromatic rings. The SMILES string of the molecule is CCOC(=O)[C@H](CCc1ccccc1)N[C@@H](C)C(=O)N(N(CC(=O)O)C(=O)c1ccc(Cl)c(S(N)(=O)=O)c1)C(C)(C)C. The molecule has 0 radical (unpaired) electrons. The fraction of sp³-hybridized carbons (Fsp3) is 0.429. The second-order valence-corrected chi connectivity index (χ2v) is 12.4. The summed E-state index contributed by atoms with van der Waals surface area (Å²) in [5.74, 6) is -3.70. The van der Waals surface area contributed by atoms with Crippen molar-refractivity contribution in [1.29, 1.82) is 0 Å². The predicted octanol–water partition coefficient (Wildman–Crippen LogP) is 2.60. The van der Waals surface area contributed by atoms with Gasteiger partial charge in [0.05, 0.1) is 23.2 Å². The largest absolute Gasteiger partial charge is 0.480 e. The summed E-state index contributed by atoms with van der Waals surface area (Å²) in [6.07, 6.45) is 0.808. The van der Waals surface area contributed by atoms with E-state index in [-0.39, 0.29) is 17.2 Å². The molecule has 0 heterocycles. The molecule has 0 spiro atoms. The first-order valence-electron chi connectivity index (χ1n) is 13.1. The van der Waals surface area contributed by atoms with Crippen molar-refractivity contribution in [3.05, 3.63) is 64.7 Å². The second-order valence-electron chi connectivity index (χ2n) is 10.5. The number of primary sulfonamides is 1. The van der Waals surface area contributed by atoms with Gasteiger partial charge in [-0.3, -0.25) is 24.5 Å². The number of esters is 1. The van der Waals surface area contributed by atoms with Gasteiger partial charge in [-0.25, -0.2) is 23.6 Å². The number of carboxylic acids is 1. The van der Waals surface area contributed by atoms with Crippen LogP contribution in [-0.4, -0.2) is 78.1 Å². The van der Waals surface area contributed by atoms with Crippen molar-refractivity contribution in [2.45, 2.75) is 70.0 Å². The summed E-state index contributed by atoms with van der Waals surface area (Å²) < 4.78 is 29.2. The number of nitrogens with one attached hydrogen (secondary N) is 1. The zero-order valence-electron chi connectivity index (χ0n) is 24.2. The fourth-order valence-electron chi connectivity index (χ4n) is 4.20. The van der Waals surface area contributed by atoms with Crippen molar-refractivity contribution in [2.24, 2.45) is 5.14 Å². The van der Waals surface area contributed by atoms with Crippen LogP contribution in [0.2, 0.25) is 5.02 Å². The molecular weight excluding hydrogens is 588 g/mol. The number of aliphatic carboxylic acids is 1. The average molecular weight is 625 g/mol. The van der Waals surface area contributed by atoms with Gasteiger partial charge in [-0.05, 0) is 71.2 Å². The van der Waals surface area contributed by atoms with Crippen LogP contribution in [0.3, 0.4) is 0 Å².